The highest BCUT2D eigenvalue weighted by molar-refractivity contribution is 9.10. The summed E-state index contributed by atoms with van der Waals surface area (Å²) in [5.74, 6) is -1.03. The predicted octanol–water partition coefficient (Wildman–Crippen LogP) is 3.32. The second kappa shape index (κ2) is 7.73. The number of aromatic nitrogens is 1. The zero-order valence-electron chi connectivity index (χ0n) is 12.5. The molecule has 2 rings (SSSR count). The number of benzene rings is 1. The first-order chi connectivity index (χ1) is 11.4. The average molecular weight is 397 g/mol. The minimum Gasteiger partial charge on any atom is -0.465 e. The van der Waals surface area contributed by atoms with E-state index in [1.165, 1.54) is 19.2 Å². The van der Waals surface area contributed by atoms with Gasteiger partial charge in [-0.25, -0.2) is 9.18 Å². The first-order valence-electron chi connectivity index (χ1n) is 6.83. The molecule has 0 saturated heterocycles. The van der Waals surface area contributed by atoms with Gasteiger partial charge in [0.2, 0.25) is 5.91 Å². The van der Waals surface area contributed by atoms with E-state index in [4.69, 9.17) is 5.11 Å². The standard InChI is InChI=1S/C15H14BrFN4O3/c1-8(19-15(23)24)14(22)21-12-4-2-3-11(16)13(12)20-10-5-9(17)6-18-7-10/h2-8,19-20H,1H3,(H,21,22)(H,23,24). The van der Waals surface area contributed by atoms with E-state index in [1.54, 1.807) is 18.2 Å². The maximum Gasteiger partial charge on any atom is 0.405 e. The van der Waals surface area contributed by atoms with Gasteiger partial charge in [0.05, 0.1) is 29.5 Å². The highest BCUT2D eigenvalue weighted by Gasteiger charge is 2.17. The molecule has 1 aromatic carbocycles. The summed E-state index contributed by atoms with van der Waals surface area (Å²) in [5, 5.41) is 16.3. The van der Waals surface area contributed by atoms with Crippen molar-refractivity contribution in [3.63, 3.8) is 0 Å². The fourth-order valence-corrected chi connectivity index (χ4v) is 2.34. The number of carbonyl (C=O) groups is 2. The van der Waals surface area contributed by atoms with Gasteiger partial charge in [0.15, 0.2) is 0 Å². The average Bonchev–Trinajstić information content (AvgIpc) is 2.50. The maximum absolute atomic E-state index is 13.3. The Balaban J connectivity index is 2.23. The molecule has 2 aromatic rings. The molecule has 4 N–H and O–H groups in total. The van der Waals surface area contributed by atoms with E-state index in [0.717, 1.165) is 6.20 Å². The maximum atomic E-state index is 13.3. The van der Waals surface area contributed by atoms with Gasteiger partial charge in [0, 0.05) is 10.5 Å². The Morgan fingerprint density at radius 2 is 2.08 bits per heavy atom. The molecular formula is C15H14BrFN4O3. The van der Waals surface area contributed by atoms with Crippen LogP contribution >= 0.6 is 15.9 Å². The molecule has 9 heteroatoms. The number of hydrogen-bond acceptors (Lipinski definition) is 4. The Hall–Kier alpha value is -2.68. The molecule has 24 heavy (non-hydrogen) atoms. The van der Waals surface area contributed by atoms with Crippen LogP contribution in [-0.2, 0) is 4.79 Å². The topological polar surface area (TPSA) is 103 Å². The van der Waals surface area contributed by atoms with Crippen molar-refractivity contribution in [1.29, 1.82) is 0 Å². The number of rotatable bonds is 5. The van der Waals surface area contributed by atoms with Crippen molar-refractivity contribution >= 4 is 45.0 Å². The minimum atomic E-state index is -1.30. The molecular weight excluding hydrogens is 383 g/mol. The number of para-hydroxylation sites is 1. The van der Waals surface area contributed by atoms with Crippen molar-refractivity contribution in [2.75, 3.05) is 10.6 Å². The summed E-state index contributed by atoms with van der Waals surface area (Å²) in [6.45, 7) is 1.42. The smallest absolute Gasteiger partial charge is 0.405 e. The van der Waals surface area contributed by atoms with E-state index < -0.39 is 23.9 Å². The number of carboxylic acid groups (broad SMARTS) is 1. The zero-order chi connectivity index (χ0) is 17.7. The molecule has 1 atom stereocenters. The summed E-state index contributed by atoms with van der Waals surface area (Å²) in [5.41, 5.74) is 1.28. The fourth-order valence-electron chi connectivity index (χ4n) is 1.87. The van der Waals surface area contributed by atoms with Crippen molar-refractivity contribution in [2.45, 2.75) is 13.0 Å². The lowest BCUT2D eigenvalue weighted by molar-refractivity contribution is -0.117. The third kappa shape index (κ3) is 4.66. The Bertz CT molecular complexity index is 772. The predicted molar refractivity (Wildman–Crippen MR) is 90.9 cm³/mol. The minimum absolute atomic E-state index is 0.397. The summed E-state index contributed by atoms with van der Waals surface area (Å²) in [4.78, 5) is 26.4. The van der Waals surface area contributed by atoms with Crippen molar-refractivity contribution in [1.82, 2.24) is 10.3 Å². The highest BCUT2D eigenvalue weighted by Crippen LogP contribution is 2.33. The van der Waals surface area contributed by atoms with Gasteiger partial charge in [-0.1, -0.05) is 6.07 Å². The first-order valence-corrected chi connectivity index (χ1v) is 7.62. The summed E-state index contributed by atoms with van der Waals surface area (Å²) < 4.78 is 13.9. The summed E-state index contributed by atoms with van der Waals surface area (Å²) in [7, 11) is 0. The van der Waals surface area contributed by atoms with Crippen LogP contribution in [0.1, 0.15) is 6.92 Å². The number of halogens is 2. The third-order valence-electron chi connectivity index (χ3n) is 2.98. The Morgan fingerprint density at radius 3 is 2.75 bits per heavy atom. The molecule has 0 bridgehead atoms. The van der Waals surface area contributed by atoms with Crippen molar-refractivity contribution in [3.8, 4) is 0 Å². The van der Waals surface area contributed by atoms with Gasteiger partial charge in [-0.3, -0.25) is 9.78 Å². The Morgan fingerprint density at radius 1 is 1.33 bits per heavy atom. The lowest BCUT2D eigenvalue weighted by Crippen LogP contribution is -2.40. The number of pyridine rings is 1. The van der Waals surface area contributed by atoms with Gasteiger partial charge < -0.3 is 21.1 Å². The van der Waals surface area contributed by atoms with Crippen LogP contribution in [0.2, 0.25) is 0 Å². The van der Waals surface area contributed by atoms with E-state index in [2.05, 4.69) is 36.9 Å². The van der Waals surface area contributed by atoms with Crippen LogP contribution in [0, 0.1) is 5.82 Å². The molecule has 0 saturated carbocycles. The lowest BCUT2D eigenvalue weighted by atomic mass is 10.2. The van der Waals surface area contributed by atoms with E-state index in [0.29, 0.717) is 21.5 Å². The van der Waals surface area contributed by atoms with Gasteiger partial charge in [0.1, 0.15) is 11.9 Å². The van der Waals surface area contributed by atoms with Crippen molar-refractivity contribution < 1.29 is 19.1 Å². The SMILES string of the molecule is CC(NC(=O)O)C(=O)Nc1cccc(Br)c1Nc1cncc(F)c1. The molecule has 0 aliphatic heterocycles. The summed E-state index contributed by atoms with van der Waals surface area (Å²) in [6, 6.07) is 5.39. The van der Waals surface area contributed by atoms with Crippen LogP contribution in [0.5, 0.6) is 0 Å². The Labute approximate surface area is 145 Å². The molecule has 2 amide bonds. The van der Waals surface area contributed by atoms with Gasteiger partial charge in [-0.15, -0.1) is 0 Å². The number of hydrogen-bond donors (Lipinski definition) is 4. The van der Waals surface area contributed by atoms with E-state index in [-0.39, 0.29) is 0 Å². The Kier molecular flexibility index (Phi) is 5.69. The zero-order valence-corrected chi connectivity index (χ0v) is 14.1. The lowest BCUT2D eigenvalue weighted by Gasteiger charge is -2.17. The molecule has 1 aromatic heterocycles. The van der Waals surface area contributed by atoms with Gasteiger partial charge >= 0.3 is 6.09 Å². The van der Waals surface area contributed by atoms with Gasteiger partial charge in [-0.2, -0.15) is 0 Å². The van der Waals surface area contributed by atoms with Crippen molar-refractivity contribution in [3.05, 3.63) is 46.9 Å². The number of amides is 2. The molecule has 0 aliphatic carbocycles. The quantitative estimate of drug-likeness (QED) is 0.620. The van der Waals surface area contributed by atoms with Gasteiger partial charge in [-0.05, 0) is 35.0 Å². The number of anilines is 3. The second-order valence-corrected chi connectivity index (χ2v) is 5.69. The van der Waals surface area contributed by atoms with E-state index in [1.807, 2.05) is 0 Å². The molecule has 0 radical (unpaired) electrons. The van der Waals surface area contributed by atoms with Crippen LogP contribution in [0.4, 0.5) is 26.2 Å². The molecule has 7 nitrogen and oxygen atoms in total. The monoisotopic (exact) mass is 396 g/mol. The van der Waals surface area contributed by atoms with Crippen LogP contribution in [0.25, 0.3) is 0 Å². The molecule has 1 unspecified atom stereocenters. The van der Waals surface area contributed by atoms with E-state index in [9.17, 15) is 14.0 Å². The van der Waals surface area contributed by atoms with Crippen molar-refractivity contribution in [2.24, 2.45) is 0 Å². The number of nitrogens with zero attached hydrogens (tertiary/aromatic N) is 1. The molecule has 0 spiro atoms. The van der Waals surface area contributed by atoms with E-state index >= 15 is 0 Å². The van der Waals surface area contributed by atoms with Gasteiger partial charge in [0.25, 0.3) is 0 Å². The second-order valence-electron chi connectivity index (χ2n) is 4.84. The molecule has 0 fully saturated rings. The first kappa shape index (κ1) is 17.7. The summed E-state index contributed by atoms with van der Waals surface area (Å²) in [6.07, 6.45) is 1.21. The van der Waals surface area contributed by atoms with Crippen LogP contribution in [-0.4, -0.2) is 28.1 Å². The van der Waals surface area contributed by atoms with Crippen LogP contribution < -0.4 is 16.0 Å². The number of nitrogens with one attached hydrogen (secondary N) is 3. The molecule has 126 valence electrons. The summed E-state index contributed by atoms with van der Waals surface area (Å²) >= 11 is 3.35. The highest BCUT2D eigenvalue weighted by atomic mass is 79.9. The number of carbonyl (C=O) groups excluding carboxylic acids is 1. The third-order valence-corrected chi connectivity index (χ3v) is 3.64. The van der Waals surface area contributed by atoms with Crippen LogP contribution in [0.3, 0.4) is 0 Å². The van der Waals surface area contributed by atoms with Crippen LogP contribution in [0.15, 0.2) is 41.1 Å². The fraction of sp³-hybridized carbons (Fsp3) is 0.133. The molecule has 0 aliphatic rings. The largest absolute Gasteiger partial charge is 0.465 e. The molecule has 1 heterocycles. The normalized spacial score (nSPS) is 11.5.